The molecule has 2 aliphatic heterocycles. The number of amides is 2. The minimum Gasteiger partial charge on any atom is -0.480 e. The van der Waals surface area contributed by atoms with Gasteiger partial charge in [-0.1, -0.05) is 30.3 Å². The van der Waals surface area contributed by atoms with Crippen molar-refractivity contribution in [3.63, 3.8) is 0 Å². The van der Waals surface area contributed by atoms with Crippen LogP contribution in [0.1, 0.15) is 25.3 Å². The quantitative estimate of drug-likeness (QED) is 0.587. The van der Waals surface area contributed by atoms with Crippen LogP contribution in [0.3, 0.4) is 0 Å². The normalized spacial score (nSPS) is 20.3. The summed E-state index contributed by atoms with van der Waals surface area (Å²) >= 11 is 5.28. The predicted molar refractivity (Wildman–Crippen MR) is 113 cm³/mol. The number of alkyl carbamates (subject to hydrolysis) is 1. The van der Waals surface area contributed by atoms with Gasteiger partial charge in [0.15, 0.2) is 5.11 Å². The van der Waals surface area contributed by atoms with E-state index in [1.54, 1.807) is 6.92 Å². The standard InChI is InChI=1S/C20H26N4O5S/c1-2-29-19(28)21-18(30)23-10-8-20(9-11-23)22-15(12-14-6-4-3-5-7-14)17(27)24(20)13-16(25)26/h3-7,15,22H,2,8-13H2,1H3,(H,25,26)(H,21,28,30). The Morgan fingerprint density at radius 3 is 2.57 bits per heavy atom. The summed E-state index contributed by atoms with van der Waals surface area (Å²) in [6, 6.07) is 9.15. The van der Waals surface area contributed by atoms with E-state index in [1.165, 1.54) is 4.90 Å². The van der Waals surface area contributed by atoms with Gasteiger partial charge in [-0.15, -0.1) is 0 Å². The fraction of sp³-hybridized carbons (Fsp3) is 0.500. The van der Waals surface area contributed by atoms with E-state index in [0.29, 0.717) is 32.4 Å². The summed E-state index contributed by atoms with van der Waals surface area (Å²) in [5, 5.41) is 15.6. The van der Waals surface area contributed by atoms with Gasteiger partial charge < -0.3 is 19.6 Å². The lowest BCUT2D eigenvalue weighted by Gasteiger charge is -2.44. The van der Waals surface area contributed by atoms with Crippen LogP contribution in [0.5, 0.6) is 0 Å². The molecule has 1 unspecified atom stereocenters. The van der Waals surface area contributed by atoms with Crippen molar-refractivity contribution in [2.75, 3.05) is 26.2 Å². The zero-order chi connectivity index (χ0) is 21.7. The lowest BCUT2D eigenvalue weighted by Crippen LogP contribution is -2.61. The number of piperidine rings is 1. The van der Waals surface area contributed by atoms with Crippen LogP contribution in [0.25, 0.3) is 0 Å². The summed E-state index contributed by atoms with van der Waals surface area (Å²) in [5.74, 6) is -1.26. The van der Waals surface area contributed by atoms with E-state index in [0.717, 1.165) is 5.56 Å². The molecule has 0 radical (unpaired) electrons. The van der Waals surface area contributed by atoms with Gasteiger partial charge in [0.25, 0.3) is 0 Å². The number of nitrogens with one attached hydrogen (secondary N) is 2. The van der Waals surface area contributed by atoms with Gasteiger partial charge in [-0.25, -0.2) is 4.79 Å². The van der Waals surface area contributed by atoms with Crippen LogP contribution in [0.4, 0.5) is 4.79 Å². The largest absolute Gasteiger partial charge is 0.480 e. The first kappa shape index (κ1) is 22.0. The molecule has 1 aromatic carbocycles. The molecule has 1 spiro atoms. The Bertz CT molecular complexity index is 811. The molecule has 2 aliphatic rings. The second-order valence-electron chi connectivity index (χ2n) is 7.37. The first-order chi connectivity index (χ1) is 14.3. The number of aliphatic carboxylic acids is 1. The van der Waals surface area contributed by atoms with Crippen LogP contribution >= 0.6 is 12.2 Å². The Morgan fingerprint density at radius 1 is 1.30 bits per heavy atom. The van der Waals surface area contributed by atoms with Gasteiger partial charge in [0, 0.05) is 25.9 Å². The zero-order valence-corrected chi connectivity index (χ0v) is 17.6. The highest BCUT2D eigenvalue weighted by atomic mass is 32.1. The number of benzene rings is 1. The van der Waals surface area contributed by atoms with E-state index in [2.05, 4.69) is 10.6 Å². The Labute approximate surface area is 180 Å². The third-order valence-electron chi connectivity index (χ3n) is 5.46. The number of carbonyl (C=O) groups excluding carboxylic acids is 2. The van der Waals surface area contributed by atoms with Gasteiger partial charge in [-0.05, 0) is 31.1 Å². The van der Waals surface area contributed by atoms with Crippen LogP contribution in [0.2, 0.25) is 0 Å². The van der Waals surface area contributed by atoms with Crippen molar-refractivity contribution in [2.24, 2.45) is 0 Å². The minimum atomic E-state index is -1.05. The van der Waals surface area contributed by atoms with Gasteiger partial charge in [-0.2, -0.15) is 0 Å². The second kappa shape index (κ2) is 9.40. The maximum atomic E-state index is 13.0. The van der Waals surface area contributed by atoms with E-state index in [-0.39, 0.29) is 24.2 Å². The average molecular weight is 435 g/mol. The molecule has 2 saturated heterocycles. The molecular formula is C20H26N4O5S. The third-order valence-corrected chi connectivity index (χ3v) is 5.82. The third kappa shape index (κ3) is 4.88. The number of nitrogens with zero attached hydrogens (tertiary/aromatic N) is 2. The molecule has 0 saturated carbocycles. The van der Waals surface area contributed by atoms with Crippen molar-refractivity contribution in [3.8, 4) is 0 Å². The average Bonchev–Trinajstić information content (AvgIpc) is 2.94. The monoisotopic (exact) mass is 434 g/mol. The smallest absolute Gasteiger partial charge is 0.413 e. The number of ether oxygens (including phenoxy) is 1. The van der Waals surface area contributed by atoms with Crippen molar-refractivity contribution in [3.05, 3.63) is 35.9 Å². The molecule has 1 aromatic rings. The molecule has 3 rings (SSSR count). The van der Waals surface area contributed by atoms with E-state index in [9.17, 15) is 19.5 Å². The molecule has 10 heteroatoms. The zero-order valence-electron chi connectivity index (χ0n) is 16.8. The topological polar surface area (TPSA) is 111 Å². The molecule has 0 aromatic heterocycles. The molecular weight excluding hydrogens is 408 g/mol. The van der Waals surface area contributed by atoms with Crippen LogP contribution in [-0.4, -0.2) is 75.9 Å². The van der Waals surface area contributed by atoms with Crippen LogP contribution in [-0.2, 0) is 20.7 Å². The van der Waals surface area contributed by atoms with Gasteiger partial charge >= 0.3 is 12.1 Å². The number of hydrogen-bond acceptors (Lipinski definition) is 6. The van der Waals surface area contributed by atoms with Crippen molar-refractivity contribution in [2.45, 2.75) is 37.9 Å². The highest BCUT2D eigenvalue weighted by Crippen LogP contribution is 2.33. The van der Waals surface area contributed by atoms with Crippen molar-refractivity contribution in [1.29, 1.82) is 0 Å². The van der Waals surface area contributed by atoms with E-state index < -0.39 is 23.8 Å². The van der Waals surface area contributed by atoms with Crippen molar-refractivity contribution in [1.82, 2.24) is 20.4 Å². The minimum absolute atomic E-state index is 0.207. The molecule has 2 heterocycles. The second-order valence-corrected chi connectivity index (χ2v) is 7.76. The highest BCUT2D eigenvalue weighted by molar-refractivity contribution is 7.80. The first-order valence-corrected chi connectivity index (χ1v) is 10.3. The Kier molecular flexibility index (Phi) is 6.88. The van der Waals surface area contributed by atoms with Crippen LogP contribution < -0.4 is 10.6 Å². The van der Waals surface area contributed by atoms with Crippen LogP contribution in [0, 0.1) is 0 Å². The van der Waals surface area contributed by atoms with E-state index in [1.807, 2.05) is 35.2 Å². The molecule has 30 heavy (non-hydrogen) atoms. The number of carboxylic acid groups (broad SMARTS) is 1. The molecule has 9 nitrogen and oxygen atoms in total. The summed E-state index contributed by atoms with van der Waals surface area (Å²) < 4.78 is 4.85. The fourth-order valence-corrected chi connectivity index (χ4v) is 4.31. The highest BCUT2D eigenvalue weighted by Gasteiger charge is 2.52. The van der Waals surface area contributed by atoms with Crippen LogP contribution in [0.15, 0.2) is 30.3 Å². The summed E-state index contributed by atoms with van der Waals surface area (Å²) in [6.45, 7) is 2.54. The Balaban J connectivity index is 1.69. The number of hydrogen-bond donors (Lipinski definition) is 3. The number of thiocarbonyl (C=S) groups is 1. The molecule has 2 fully saturated rings. The number of rotatable bonds is 5. The predicted octanol–water partition coefficient (Wildman–Crippen LogP) is 0.937. The SMILES string of the molecule is CCOC(=O)NC(=S)N1CCC2(CC1)NC(Cc1ccccc1)C(=O)N2CC(=O)O. The van der Waals surface area contributed by atoms with Gasteiger partial charge in [0.2, 0.25) is 5.91 Å². The lowest BCUT2D eigenvalue weighted by molar-refractivity contribution is -0.147. The molecule has 2 amide bonds. The molecule has 0 bridgehead atoms. The summed E-state index contributed by atoms with van der Waals surface area (Å²) in [6.07, 6.45) is 0.862. The van der Waals surface area contributed by atoms with Gasteiger partial charge in [0.05, 0.1) is 18.3 Å². The summed E-state index contributed by atoms with van der Waals surface area (Å²) in [4.78, 5) is 39.3. The molecule has 162 valence electrons. The van der Waals surface area contributed by atoms with E-state index >= 15 is 0 Å². The van der Waals surface area contributed by atoms with Gasteiger partial charge in [0.1, 0.15) is 6.54 Å². The molecule has 0 aliphatic carbocycles. The first-order valence-electron chi connectivity index (χ1n) is 9.92. The molecule has 3 N–H and O–H groups in total. The van der Waals surface area contributed by atoms with E-state index in [4.69, 9.17) is 17.0 Å². The Hall–Kier alpha value is -2.72. The maximum Gasteiger partial charge on any atom is 0.413 e. The fourth-order valence-electron chi connectivity index (χ4n) is 4.04. The van der Waals surface area contributed by atoms with Crippen molar-refractivity contribution < 1.29 is 24.2 Å². The molecule has 1 atom stereocenters. The van der Waals surface area contributed by atoms with Crippen molar-refractivity contribution >= 4 is 35.3 Å². The summed E-state index contributed by atoms with van der Waals surface area (Å²) in [7, 11) is 0. The Morgan fingerprint density at radius 2 is 1.97 bits per heavy atom. The number of carbonyl (C=O) groups is 3. The number of likely N-dealkylation sites (tertiary alicyclic amines) is 1. The summed E-state index contributed by atoms with van der Waals surface area (Å²) in [5.41, 5.74) is 0.262. The maximum absolute atomic E-state index is 13.0. The van der Waals surface area contributed by atoms with Gasteiger partial charge in [-0.3, -0.25) is 20.2 Å². The number of carboxylic acids is 1. The lowest BCUT2D eigenvalue weighted by atomic mass is 9.96.